The summed E-state index contributed by atoms with van der Waals surface area (Å²) in [7, 11) is 0. The first-order chi connectivity index (χ1) is 24.0. The molecular weight excluding hydrogens is 616 g/mol. The van der Waals surface area contributed by atoms with Crippen molar-refractivity contribution in [3.05, 3.63) is 134 Å². The molecule has 0 amide bonds. The van der Waals surface area contributed by atoms with Gasteiger partial charge in [-0.1, -0.05) is 60.7 Å². The Morgan fingerprint density at radius 3 is 1.39 bits per heavy atom. The Morgan fingerprint density at radius 2 is 1.00 bits per heavy atom. The van der Waals surface area contributed by atoms with Crippen LogP contribution in [0, 0.1) is 0 Å². The van der Waals surface area contributed by atoms with E-state index in [0.29, 0.717) is 23.2 Å². The predicted octanol–water partition coefficient (Wildman–Crippen LogP) is 10.3. The van der Waals surface area contributed by atoms with Crippen LogP contribution in [-0.2, 0) is 4.79 Å². The Morgan fingerprint density at radius 1 is 0.571 bits per heavy atom. The summed E-state index contributed by atoms with van der Waals surface area (Å²) in [4.78, 5) is 26.0. The Labute approximate surface area is 279 Å². The van der Waals surface area contributed by atoms with E-state index in [2.05, 4.69) is 58.5 Å². The van der Waals surface area contributed by atoms with Crippen LogP contribution < -0.4 is 0 Å². The lowest BCUT2D eigenvalue weighted by Gasteiger charge is -2.05. The number of aromatic amines is 2. The highest BCUT2D eigenvalue weighted by Crippen LogP contribution is 2.40. The Balaban J connectivity index is 0.000000829. The van der Waals surface area contributed by atoms with E-state index in [1.807, 2.05) is 72.8 Å². The van der Waals surface area contributed by atoms with Gasteiger partial charge in [0.25, 0.3) is 5.97 Å². The first kappa shape index (κ1) is 29.5. The fourth-order valence-electron chi connectivity index (χ4n) is 5.92. The summed E-state index contributed by atoms with van der Waals surface area (Å²) in [6, 6.07) is 40.4. The second-order valence-electron chi connectivity index (χ2n) is 11.3. The number of aromatic nitrogens is 4. The number of imidazole rings is 2. The molecule has 0 aliphatic heterocycles. The Kier molecular flexibility index (Phi) is 7.46. The number of rotatable bonds is 6. The molecule has 0 aliphatic rings. The van der Waals surface area contributed by atoms with Crippen LogP contribution in [0.3, 0.4) is 0 Å². The maximum Gasteiger partial charge on any atom is 0.300 e. The van der Waals surface area contributed by atoms with Gasteiger partial charge in [0, 0.05) is 39.9 Å². The fourth-order valence-corrected chi connectivity index (χ4v) is 5.92. The van der Waals surface area contributed by atoms with Gasteiger partial charge in [0.1, 0.15) is 11.2 Å². The van der Waals surface area contributed by atoms with Crippen LogP contribution in [0.1, 0.15) is 6.92 Å². The molecule has 0 atom stereocenters. The minimum absolute atomic E-state index is 0.674. The molecule has 5 aromatic heterocycles. The number of carboxylic acid groups (broad SMARTS) is 1. The van der Waals surface area contributed by atoms with Gasteiger partial charge in [0.2, 0.25) is 0 Å². The van der Waals surface area contributed by atoms with E-state index >= 15 is 0 Å². The number of benzene rings is 4. The zero-order chi connectivity index (χ0) is 33.3. The van der Waals surface area contributed by atoms with Crippen LogP contribution in [-0.4, -0.2) is 31.0 Å². The average Bonchev–Trinajstić information content (AvgIpc) is 3.97. The van der Waals surface area contributed by atoms with Gasteiger partial charge in [0.05, 0.1) is 35.3 Å². The second-order valence-corrected chi connectivity index (χ2v) is 11.3. The molecule has 3 N–H and O–H groups in total. The zero-order valence-corrected chi connectivity index (χ0v) is 26.2. The highest BCUT2D eigenvalue weighted by Gasteiger charge is 2.20. The van der Waals surface area contributed by atoms with Crippen molar-refractivity contribution < 1.29 is 23.2 Å². The van der Waals surface area contributed by atoms with E-state index in [4.69, 9.17) is 33.1 Å². The van der Waals surface area contributed by atoms with Crippen LogP contribution in [0.25, 0.3) is 90.1 Å². The van der Waals surface area contributed by atoms with E-state index in [1.54, 1.807) is 12.5 Å². The van der Waals surface area contributed by atoms with Gasteiger partial charge in [-0.25, -0.2) is 9.97 Å². The zero-order valence-electron chi connectivity index (χ0n) is 26.2. The van der Waals surface area contributed by atoms with Crippen molar-refractivity contribution in [1.82, 2.24) is 19.9 Å². The van der Waals surface area contributed by atoms with Crippen LogP contribution in [0.2, 0.25) is 0 Å². The van der Waals surface area contributed by atoms with Gasteiger partial charge in [-0.3, -0.25) is 4.79 Å². The minimum Gasteiger partial charge on any atom is -0.481 e. The number of hydrogen-bond acceptors (Lipinski definition) is 6. The Hall–Kier alpha value is -6.87. The third-order valence-electron chi connectivity index (χ3n) is 8.06. The standard InChI is InChI=1S/C38H24N4O3.C2H4O2/c1-3-9-23(10-4-1)33-35(41-37(39-33)31-13-7-19-43-31)25-15-17-29-27(21-25)28-22-26(16-18-30(28)45-29)36-34(24-11-5-2-6-12-24)40-38(42-36)32-14-8-20-44-32;1-2(3)4/h1-22H,(H,39,41)(H,40,42);1H3,(H,3,4). The summed E-state index contributed by atoms with van der Waals surface area (Å²) in [6.07, 6.45) is 3.31. The second kappa shape index (κ2) is 12.4. The molecule has 0 saturated heterocycles. The molecule has 0 radical (unpaired) electrons. The molecule has 0 spiro atoms. The number of nitrogens with zero attached hydrogens (tertiary/aromatic N) is 2. The summed E-state index contributed by atoms with van der Waals surface area (Å²) < 4.78 is 17.7. The molecular formula is C40H28N4O5. The number of fused-ring (bicyclic) bond motifs is 3. The molecule has 0 unspecified atom stereocenters. The quantitative estimate of drug-likeness (QED) is 0.164. The summed E-state index contributed by atoms with van der Waals surface area (Å²) in [5, 5.41) is 9.43. The van der Waals surface area contributed by atoms with E-state index in [1.165, 1.54) is 0 Å². The molecule has 9 aromatic rings. The van der Waals surface area contributed by atoms with Crippen molar-refractivity contribution >= 4 is 27.9 Å². The highest BCUT2D eigenvalue weighted by molar-refractivity contribution is 6.08. The third-order valence-corrected chi connectivity index (χ3v) is 8.06. The number of carbonyl (C=O) groups is 1. The molecule has 238 valence electrons. The Bertz CT molecular complexity index is 2350. The molecule has 0 bridgehead atoms. The van der Waals surface area contributed by atoms with E-state index in [-0.39, 0.29) is 0 Å². The lowest BCUT2D eigenvalue weighted by atomic mass is 10.0. The minimum atomic E-state index is -0.833. The van der Waals surface area contributed by atoms with Crippen LogP contribution in [0.4, 0.5) is 0 Å². The third kappa shape index (κ3) is 5.70. The monoisotopic (exact) mass is 644 g/mol. The SMILES string of the molecule is CC(=O)O.c1ccc(-c2nc(-c3ccco3)[nH]c2-c2ccc3oc4ccc(-c5[nH]c(-c6ccco6)nc5-c5ccccc5)cc4c3c2)cc1. The maximum absolute atomic E-state index is 9.00. The van der Waals surface area contributed by atoms with Crippen molar-refractivity contribution in [2.75, 3.05) is 0 Å². The lowest BCUT2D eigenvalue weighted by Crippen LogP contribution is -1.85. The topological polar surface area (TPSA) is 134 Å². The number of aliphatic carboxylic acids is 1. The number of H-pyrrole nitrogens is 2. The van der Waals surface area contributed by atoms with Crippen LogP contribution in [0.5, 0.6) is 0 Å². The summed E-state index contributed by atoms with van der Waals surface area (Å²) in [5.74, 6) is 1.88. The predicted molar refractivity (Wildman–Crippen MR) is 188 cm³/mol. The van der Waals surface area contributed by atoms with E-state index in [0.717, 1.165) is 73.9 Å². The molecule has 9 heteroatoms. The van der Waals surface area contributed by atoms with Gasteiger partial charge in [0.15, 0.2) is 23.2 Å². The molecule has 9 rings (SSSR count). The van der Waals surface area contributed by atoms with Crippen molar-refractivity contribution in [3.8, 4) is 68.2 Å². The molecule has 0 saturated carbocycles. The number of hydrogen-bond donors (Lipinski definition) is 3. The molecule has 4 aromatic carbocycles. The van der Waals surface area contributed by atoms with Crippen LogP contribution in [0.15, 0.2) is 147 Å². The van der Waals surface area contributed by atoms with Gasteiger partial charge in [-0.05, 0) is 60.7 Å². The van der Waals surface area contributed by atoms with Crippen molar-refractivity contribution in [2.24, 2.45) is 0 Å². The number of furan rings is 3. The first-order valence-corrected chi connectivity index (χ1v) is 15.6. The van der Waals surface area contributed by atoms with Crippen molar-refractivity contribution in [1.29, 1.82) is 0 Å². The maximum atomic E-state index is 9.00. The summed E-state index contributed by atoms with van der Waals surface area (Å²) in [6.45, 7) is 1.08. The summed E-state index contributed by atoms with van der Waals surface area (Å²) in [5.41, 5.74) is 9.14. The number of nitrogens with one attached hydrogen (secondary N) is 2. The largest absolute Gasteiger partial charge is 0.481 e. The normalized spacial score (nSPS) is 11.1. The first-order valence-electron chi connectivity index (χ1n) is 15.6. The van der Waals surface area contributed by atoms with E-state index < -0.39 is 5.97 Å². The smallest absolute Gasteiger partial charge is 0.300 e. The van der Waals surface area contributed by atoms with E-state index in [9.17, 15) is 0 Å². The molecule has 0 fully saturated rings. The number of carboxylic acids is 1. The fraction of sp³-hybridized carbons (Fsp3) is 0.0250. The van der Waals surface area contributed by atoms with Crippen molar-refractivity contribution in [2.45, 2.75) is 6.92 Å². The lowest BCUT2D eigenvalue weighted by molar-refractivity contribution is -0.134. The van der Waals surface area contributed by atoms with Crippen LogP contribution >= 0.6 is 0 Å². The average molecular weight is 645 g/mol. The molecule has 9 nitrogen and oxygen atoms in total. The van der Waals surface area contributed by atoms with Gasteiger partial charge < -0.3 is 28.3 Å². The summed E-state index contributed by atoms with van der Waals surface area (Å²) >= 11 is 0. The molecule has 5 heterocycles. The molecule has 49 heavy (non-hydrogen) atoms. The van der Waals surface area contributed by atoms with Gasteiger partial charge in [-0.15, -0.1) is 0 Å². The molecule has 0 aliphatic carbocycles. The van der Waals surface area contributed by atoms with Gasteiger partial charge >= 0.3 is 0 Å². The highest BCUT2D eigenvalue weighted by atomic mass is 16.4. The van der Waals surface area contributed by atoms with Gasteiger partial charge in [-0.2, -0.15) is 0 Å². The van der Waals surface area contributed by atoms with Crippen molar-refractivity contribution in [3.63, 3.8) is 0 Å².